The molecule has 0 bridgehead atoms. The molecule has 1 fully saturated rings. The first-order valence-corrected chi connectivity index (χ1v) is 6.38. The third-order valence-electron chi connectivity index (χ3n) is 3.24. The van der Waals surface area contributed by atoms with Crippen molar-refractivity contribution in [2.24, 2.45) is 0 Å². The Morgan fingerprint density at radius 2 is 2.12 bits per heavy atom. The van der Waals surface area contributed by atoms with Gasteiger partial charge in [0, 0.05) is 11.8 Å². The second-order valence-electron chi connectivity index (χ2n) is 4.60. The van der Waals surface area contributed by atoms with E-state index in [0.29, 0.717) is 15.9 Å². The molecule has 3 rings (SSSR count). The Bertz CT molecular complexity index is 673. The molecule has 17 heavy (non-hydrogen) atoms. The molecule has 0 aliphatic heterocycles. The molecule has 4 heteroatoms. The van der Waals surface area contributed by atoms with Gasteiger partial charge in [-0.15, -0.1) is 0 Å². The van der Waals surface area contributed by atoms with Crippen LogP contribution in [0.1, 0.15) is 30.0 Å². The average Bonchev–Trinajstić information content (AvgIpc) is 3.09. The summed E-state index contributed by atoms with van der Waals surface area (Å²) in [7, 11) is 0. The predicted octanol–water partition coefficient (Wildman–Crippen LogP) is 3.62. The van der Waals surface area contributed by atoms with Gasteiger partial charge in [-0.1, -0.05) is 0 Å². The molecule has 1 N–H and O–H groups in total. The molecule has 2 aromatic rings. The van der Waals surface area contributed by atoms with Crippen LogP contribution in [0.15, 0.2) is 21.4 Å². The van der Waals surface area contributed by atoms with E-state index in [1.54, 1.807) is 6.07 Å². The van der Waals surface area contributed by atoms with Gasteiger partial charge < -0.3 is 4.98 Å². The first kappa shape index (κ1) is 11.0. The number of aromatic nitrogens is 1. The average molecular weight is 296 g/mol. The summed E-state index contributed by atoms with van der Waals surface area (Å²) in [5.74, 6) is -0.0209. The van der Waals surface area contributed by atoms with Gasteiger partial charge in [0.1, 0.15) is 0 Å². The van der Waals surface area contributed by atoms with Gasteiger partial charge in [-0.05, 0) is 53.2 Å². The number of hydrogen-bond donors (Lipinski definition) is 1. The highest BCUT2D eigenvalue weighted by Gasteiger charge is 2.25. The molecular formula is C13H11BrFNO. The summed E-state index contributed by atoms with van der Waals surface area (Å²) >= 11 is 3.13. The number of aryl methyl sites for hydroxylation is 1. The number of aromatic amines is 1. The highest BCUT2D eigenvalue weighted by Crippen LogP contribution is 2.39. The number of benzene rings is 1. The van der Waals surface area contributed by atoms with Crippen molar-refractivity contribution in [1.82, 2.24) is 4.98 Å². The van der Waals surface area contributed by atoms with E-state index in [1.807, 2.05) is 6.92 Å². The van der Waals surface area contributed by atoms with Gasteiger partial charge in [-0.2, -0.15) is 0 Å². The number of fused-ring (bicyclic) bond motifs is 1. The van der Waals surface area contributed by atoms with Crippen LogP contribution < -0.4 is 5.43 Å². The van der Waals surface area contributed by atoms with E-state index in [4.69, 9.17) is 0 Å². The van der Waals surface area contributed by atoms with Crippen molar-refractivity contribution in [3.8, 4) is 0 Å². The van der Waals surface area contributed by atoms with Crippen LogP contribution in [0.4, 0.5) is 4.39 Å². The zero-order chi connectivity index (χ0) is 12.2. The molecule has 0 radical (unpaired) electrons. The van der Waals surface area contributed by atoms with Crippen molar-refractivity contribution < 1.29 is 4.39 Å². The SMILES string of the molecule is Cc1cc(Br)c(F)c2c(=O)cc(C3CC3)[nH]c12. The first-order valence-electron chi connectivity index (χ1n) is 5.59. The summed E-state index contributed by atoms with van der Waals surface area (Å²) in [6, 6.07) is 3.24. The number of rotatable bonds is 1. The minimum absolute atomic E-state index is 0.154. The molecule has 0 atom stereocenters. The Hall–Kier alpha value is -1.16. The normalized spacial score (nSPS) is 15.5. The van der Waals surface area contributed by atoms with Crippen molar-refractivity contribution in [3.63, 3.8) is 0 Å². The summed E-state index contributed by atoms with van der Waals surface area (Å²) in [6.07, 6.45) is 2.22. The Morgan fingerprint density at radius 1 is 1.41 bits per heavy atom. The summed E-state index contributed by atoms with van der Waals surface area (Å²) in [4.78, 5) is 15.2. The molecule has 0 spiro atoms. The topological polar surface area (TPSA) is 32.9 Å². The third kappa shape index (κ3) is 1.71. The predicted molar refractivity (Wildman–Crippen MR) is 68.9 cm³/mol. The fourth-order valence-electron chi connectivity index (χ4n) is 2.15. The minimum Gasteiger partial charge on any atom is -0.358 e. The summed E-state index contributed by atoms with van der Waals surface area (Å²) < 4.78 is 14.3. The number of H-pyrrole nitrogens is 1. The lowest BCUT2D eigenvalue weighted by molar-refractivity contribution is 0.632. The van der Waals surface area contributed by atoms with E-state index in [1.165, 1.54) is 6.07 Å². The standard InChI is InChI=1S/C13H11BrFNO/c1-6-4-8(14)12(15)11-10(17)5-9(7-2-3-7)16-13(6)11/h4-5,7H,2-3H2,1H3,(H,16,17). The lowest BCUT2D eigenvalue weighted by Gasteiger charge is -2.08. The molecule has 0 saturated heterocycles. The summed E-state index contributed by atoms with van der Waals surface area (Å²) in [6.45, 7) is 1.87. The molecular weight excluding hydrogens is 285 g/mol. The zero-order valence-electron chi connectivity index (χ0n) is 9.31. The Balaban J connectivity index is 2.42. The van der Waals surface area contributed by atoms with E-state index in [2.05, 4.69) is 20.9 Å². The fourth-order valence-corrected chi connectivity index (χ4v) is 2.69. The van der Waals surface area contributed by atoms with Crippen LogP contribution in [0.5, 0.6) is 0 Å². The monoisotopic (exact) mass is 295 g/mol. The van der Waals surface area contributed by atoms with Gasteiger partial charge in [-0.3, -0.25) is 4.79 Å². The smallest absolute Gasteiger partial charge is 0.192 e. The van der Waals surface area contributed by atoms with Gasteiger partial charge in [0.05, 0.1) is 15.4 Å². The lowest BCUT2D eigenvalue weighted by atomic mass is 10.1. The lowest BCUT2D eigenvalue weighted by Crippen LogP contribution is -2.08. The van der Waals surface area contributed by atoms with Crippen molar-refractivity contribution >= 4 is 26.8 Å². The Labute approximate surface area is 106 Å². The molecule has 0 unspecified atom stereocenters. The molecule has 1 aromatic heterocycles. The quantitative estimate of drug-likeness (QED) is 0.856. The van der Waals surface area contributed by atoms with Crippen LogP contribution in [0.25, 0.3) is 10.9 Å². The summed E-state index contributed by atoms with van der Waals surface area (Å²) in [5, 5.41) is 0.154. The van der Waals surface area contributed by atoms with E-state index >= 15 is 0 Å². The van der Waals surface area contributed by atoms with Gasteiger partial charge in [0.25, 0.3) is 0 Å². The number of hydrogen-bond acceptors (Lipinski definition) is 1. The van der Waals surface area contributed by atoms with Crippen LogP contribution in [-0.4, -0.2) is 4.98 Å². The molecule has 1 aromatic carbocycles. The van der Waals surface area contributed by atoms with Crippen molar-refractivity contribution in [3.05, 3.63) is 43.9 Å². The van der Waals surface area contributed by atoms with Crippen LogP contribution in [0.2, 0.25) is 0 Å². The molecule has 1 heterocycles. The maximum absolute atomic E-state index is 13.9. The highest BCUT2D eigenvalue weighted by atomic mass is 79.9. The van der Waals surface area contributed by atoms with Crippen molar-refractivity contribution in [2.75, 3.05) is 0 Å². The molecule has 0 amide bonds. The van der Waals surface area contributed by atoms with Crippen molar-refractivity contribution in [2.45, 2.75) is 25.7 Å². The van der Waals surface area contributed by atoms with Gasteiger partial charge >= 0.3 is 0 Å². The second kappa shape index (κ2) is 3.67. The van der Waals surface area contributed by atoms with Crippen LogP contribution >= 0.6 is 15.9 Å². The molecule has 1 aliphatic rings. The second-order valence-corrected chi connectivity index (χ2v) is 5.46. The van der Waals surface area contributed by atoms with Gasteiger partial charge in [-0.25, -0.2) is 4.39 Å². The van der Waals surface area contributed by atoms with Gasteiger partial charge in [0.2, 0.25) is 0 Å². The molecule has 1 saturated carbocycles. The molecule has 2 nitrogen and oxygen atoms in total. The zero-order valence-corrected chi connectivity index (χ0v) is 10.9. The highest BCUT2D eigenvalue weighted by molar-refractivity contribution is 9.10. The van der Waals surface area contributed by atoms with Crippen LogP contribution in [0.3, 0.4) is 0 Å². The minimum atomic E-state index is -0.478. The van der Waals surface area contributed by atoms with E-state index in [0.717, 1.165) is 24.1 Å². The van der Waals surface area contributed by atoms with Crippen LogP contribution in [0, 0.1) is 12.7 Å². The first-order chi connectivity index (χ1) is 8.08. The third-order valence-corrected chi connectivity index (χ3v) is 3.81. The number of halogens is 2. The molecule has 88 valence electrons. The largest absolute Gasteiger partial charge is 0.358 e. The number of pyridine rings is 1. The Morgan fingerprint density at radius 3 is 2.76 bits per heavy atom. The Kier molecular flexibility index (Phi) is 2.36. The van der Waals surface area contributed by atoms with E-state index < -0.39 is 5.82 Å². The maximum Gasteiger partial charge on any atom is 0.192 e. The summed E-state index contributed by atoms with van der Waals surface area (Å²) in [5.41, 5.74) is 2.21. The van der Waals surface area contributed by atoms with E-state index in [-0.39, 0.29) is 10.8 Å². The van der Waals surface area contributed by atoms with E-state index in [9.17, 15) is 9.18 Å². The van der Waals surface area contributed by atoms with Crippen LogP contribution in [-0.2, 0) is 0 Å². The van der Waals surface area contributed by atoms with Gasteiger partial charge in [0.15, 0.2) is 11.2 Å². The fraction of sp³-hybridized carbons (Fsp3) is 0.308. The maximum atomic E-state index is 13.9. The number of nitrogens with one attached hydrogen (secondary N) is 1. The molecule has 1 aliphatic carbocycles. The van der Waals surface area contributed by atoms with Crippen molar-refractivity contribution in [1.29, 1.82) is 0 Å².